The predicted octanol–water partition coefficient (Wildman–Crippen LogP) is 4.08. The second-order valence-corrected chi connectivity index (χ2v) is 7.99. The van der Waals surface area contributed by atoms with Crippen molar-refractivity contribution in [2.45, 2.75) is 18.2 Å². The molecule has 0 aliphatic heterocycles. The largest absolute Gasteiger partial charge is 0.270 e. The molecule has 0 bridgehead atoms. The van der Waals surface area contributed by atoms with Crippen LogP contribution in [0.5, 0.6) is 0 Å². The van der Waals surface area contributed by atoms with Crippen molar-refractivity contribution in [2.24, 2.45) is 0 Å². The van der Waals surface area contributed by atoms with Gasteiger partial charge in [-0.1, -0.05) is 37.3 Å². The van der Waals surface area contributed by atoms with Crippen LogP contribution < -0.4 is 4.72 Å². The van der Waals surface area contributed by atoms with Crippen molar-refractivity contribution in [3.8, 4) is 11.3 Å². The number of non-ortho nitro benzene ring substituents is 1. The van der Waals surface area contributed by atoms with Crippen molar-refractivity contribution >= 4 is 32.2 Å². The Morgan fingerprint density at radius 1 is 1.19 bits per heavy atom. The van der Waals surface area contributed by atoms with Crippen molar-refractivity contribution < 1.29 is 13.3 Å². The van der Waals surface area contributed by atoms with Gasteiger partial charge in [0.15, 0.2) is 5.13 Å². The number of nitro benzene ring substituents is 1. The van der Waals surface area contributed by atoms with Crippen LogP contribution in [-0.4, -0.2) is 18.3 Å². The molecule has 0 saturated heterocycles. The highest BCUT2D eigenvalue weighted by Gasteiger charge is 2.19. The lowest BCUT2D eigenvalue weighted by molar-refractivity contribution is -0.385. The topological polar surface area (TPSA) is 102 Å². The second-order valence-electron chi connectivity index (χ2n) is 5.45. The lowest BCUT2D eigenvalue weighted by atomic mass is 10.1. The van der Waals surface area contributed by atoms with Crippen LogP contribution in [0.2, 0.25) is 0 Å². The Kier molecular flexibility index (Phi) is 5.01. The molecule has 0 radical (unpaired) electrons. The summed E-state index contributed by atoms with van der Waals surface area (Å²) in [6.45, 7) is 2.07. The molecular weight excluding hydrogens is 374 g/mol. The minimum atomic E-state index is -3.96. The van der Waals surface area contributed by atoms with Crippen LogP contribution >= 0.6 is 11.3 Å². The van der Waals surface area contributed by atoms with Crippen molar-refractivity contribution in [3.63, 3.8) is 0 Å². The van der Waals surface area contributed by atoms with Gasteiger partial charge in [-0.15, -0.1) is 11.3 Å². The summed E-state index contributed by atoms with van der Waals surface area (Å²) in [5.41, 5.74) is 2.47. The van der Waals surface area contributed by atoms with Crippen LogP contribution in [0.15, 0.2) is 58.8 Å². The Morgan fingerprint density at radius 2 is 1.92 bits per heavy atom. The average molecular weight is 389 g/mol. The smallest absolute Gasteiger partial charge is 0.258 e. The zero-order chi connectivity index (χ0) is 18.7. The maximum absolute atomic E-state index is 12.4. The van der Waals surface area contributed by atoms with Gasteiger partial charge in [0.05, 0.1) is 15.5 Å². The van der Waals surface area contributed by atoms with Crippen LogP contribution in [-0.2, 0) is 16.4 Å². The van der Waals surface area contributed by atoms with E-state index in [0.29, 0.717) is 5.69 Å². The highest BCUT2D eigenvalue weighted by Crippen LogP contribution is 2.27. The molecule has 1 aromatic heterocycles. The maximum atomic E-state index is 12.4. The summed E-state index contributed by atoms with van der Waals surface area (Å²) in [6, 6.07) is 12.8. The zero-order valence-electron chi connectivity index (χ0n) is 13.7. The highest BCUT2D eigenvalue weighted by molar-refractivity contribution is 7.93. The summed E-state index contributed by atoms with van der Waals surface area (Å²) < 4.78 is 27.2. The molecule has 2 aromatic carbocycles. The molecule has 0 fully saturated rings. The van der Waals surface area contributed by atoms with E-state index in [4.69, 9.17) is 0 Å². The van der Waals surface area contributed by atoms with Crippen LogP contribution in [0.25, 0.3) is 11.3 Å². The van der Waals surface area contributed by atoms with E-state index in [0.717, 1.165) is 29.4 Å². The third kappa shape index (κ3) is 3.89. The van der Waals surface area contributed by atoms with Crippen LogP contribution in [0, 0.1) is 10.1 Å². The first-order chi connectivity index (χ1) is 12.4. The molecule has 26 heavy (non-hydrogen) atoms. The molecule has 0 aliphatic rings. The molecule has 134 valence electrons. The Labute approximate surface area is 154 Å². The monoisotopic (exact) mass is 389 g/mol. The molecule has 0 amide bonds. The number of nitro groups is 1. The van der Waals surface area contributed by atoms with Gasteiger partial charge in [0.25, 0.3) is 15.7 Å². The first kappa shape index (κ1) is 18.0. The molecule has 7 nitrogen and oxygen atoms in total. The third-order valence-electron chi connectivity index (χ3n) is 3.72. The summed E-state index contributed by atoms with van der Waals surface area (Å²) in [7, 11) is -3.96. The first-order valence-electron chi connectivity index (χ1n) is 7.71. The lowest BCUT2D eigenvalue weighted by Crippen LogP contribution is -2.13. The molecule has 9 heteroatoms. The number of nitrogens with zero attached hydrogens (tertiary/aromatic N) is 2. The Morgan fingerprint density at radius 3 is 2.58 bits per heavy atom. The Bertz CT molecular complexity index is 1040. The number of nitrogens with one attached hydrogen (secondary N) is 1. The number of rotatable bonds is 6. The first-order valence-corrected chi connectivity index (χ1v) is 10.1. The Balaban J connectivity index is 1.83. The fraction of sp³-hybridized carbons (Fsp3) is 0.118. The van der Waals surface area contributed by atoms with Crippen LogP contribution in [0.4, 0.5) is 10.8 Å². The third-order valence-corrected chi connectivity index (χ3v) is 5.95. The summed E-state index contributed by atoms with van der Waals surface area (Å²) in [6.07, 6.45) is 0.936. The number of thiazole rings is 1. The number of hydrogen-bond acceptors (Lipinski definition) is 6. The molecule has 3 aromatic rings. The normalized spacial score (nSPS) is 11.3. The van der Waals surface area contributed by atoms with Gasteiger partial charge < -0.3 is 0 Å². The van der Waals surface area contributed by atoms with Gasteiger partial charge in [-0.2, -0.15) is 0 Å². The summed E-state index contributed by atoms with van der Waals surface area (Å²) in [4.78, 5) is 14.3. The number of sulfonamides is 1. The van der Waals surface area contributed by atoms with Gasteiger partial charge in [0.1, 0.15) is 0 Å². The molecule has 0 atom stereocenters. The van der Waals surface area contributed by atoms with Gasteiger partial charge in [-0.3, -0.25) is 14.8 Å². The second kappa shape index (κ2) is 7.22. The van der Waals surface area contributed by atoms with Crippen molar-refractivity contribution in [1.29, 1.82) is 0 Å². The van der Waals surface area contributed by atoms with E-state index in [1.165, 1.54) is 23.8 Å². The van der Waals surface area contributed by atoms with Gasteiger partial charge in [0.2, 0.25) is 0 Å². The number of anilines is 1. The van der Waals surface area contributed by atoms with E-state index >= 15 is 0 Å². The molecule has 3 rings (SSSR count). The molecule has 0 unspecified atom stereocenters. The van der Waals surface area contributed by atoms with Gasteiger partial charge in [0, 0.05) is 23.1 Å². The standard InChI is InChI=1S/C17H15N3O4S2/c1-2-12-6-8-13(9-7-12)16-11-25-17(18-16)19-26(23,24)15-5-3-4-14(10-15)20(21)22/h3-11H,2H2,1H3,(H,18,19). The van der Waals surface area contributed by atoms with E-state index in [1.807, 2.05) is 24.3 Å². The lowest BCUT2D eigenvalue weighted by Gasteiger charge is -2.05. The van der Waals surface area contributed by atoms with Crippen molar-refractivity contribution in [3.05, 3.63) is 69.6 Å². The number of benzene rings is 2. The molecule has 1 heterocycles. The highest BCUT2D eigenvalue weighted by atomic mass is 32.2. The van der Waals surface area contributed by atoms with E-state index in [1.54, 1.807) is 5.38 Å². The molecule has 1 N–H and O–H groups in total. The average Bonchev–Trinajstić information content (AvgIpc) is 3.09. The van der Waals surface area contributed by atoms with Crippen molar-refractivity contribution in [2.75, 3.05) is 4.72 Å². The van der Waals surface area contributed by atoms with E-state index in [-0.39, 0.29) is 15.7 Å². The van der Waals surface area contributed by atoms with Crippen molar-refractivity contribution in [1.82, 2.24) is 4.98 Å². The van der Waals surface area contributed by atoms with Crippen LogP contribution in [0.1, 0.15) is 12.5 Å². The quantitative estimate of drug-likeness (QED) is 0.505. The zero-order valence-corrected chi connectivity index (χ0v) is 15.4. The number of aryl methyl sites for hydroxylation is 1. The van der Waals surface area contributed by atoms with Gasteiger partial charge in [-0.05, 0) is 18.1 Å². The minimum absolute atomic E-state index is 0.184. The molecular formula is C17H15N3O4S2. The van der Waals surface area contributed by atoms with Crippen LogP contribution in [0.3, 0.4) is 0 Å². The minimum Gasteiger partial charge on any atom is -0.258 e. The summed E-state index contributed by atoms with van der Waals surface area (Å²) >= 11 is 1.15. The number of hydrogen-bond donors (Lipinski definition) is 1. The summed E-state index contributed by atoms with van der Waals surface area (Å²) in [5, 5.41) is 12.8. The molecule has 0 aliphatic carbocycles. The van der Waals surface area contributed by atoms with Gasteiger partial charge >= 0.3 is 0 Å². The van der Waals surface area contributed by atoms with E-state index < -0.39 is 14.9 Å². The Hall–Kier alpha value is -2.78. The molecule has 0 spiro atoms. The number of aromatic nitrogens is 1. The van der Waals surface area contributed by atoms with Gasteiger partial charge in [-0.25, -0.2) is 13.4 Å². The fourth-order valence-electron chi connectivity index (χ4n) is 2.30. The maximum Gasteiger partial charge on any atom is 0.270 e. The van der Waals surface area contributed by atoms with E-state index in [9.17, 15) is 18.5 Å². The fourth-order valence-corrected chi connectivity index (χ4v) is 4.31. The summed E-state index contributed by atoms with van der Waals surface area (Å²) in [5.74, 6) is 0. The predicted molar refractivity (Wildman–Crippen MR) is 101 cm³/mol. The SMILES string of the molecule is CCc1ccc(-c2csc(NS(=O)(=O)c3cccc([N+](=O)[O-])c3)n2)cc1. The van der Waals surface area contributed by atoms with E-state index in [2.05, 4.69) is 16.6 Å². The molecule has 0 saturated carbocycles.